The highest BCUT2D eigenvalue weighted by Crippen LogP contribution is 2.32. The van der Waals surface area contributed by atoms with Crippen LogP contribution in [-0.2, 0) is 9.53 Å². The summed E-state index contributed by atoms with van der Waals surface area (Å²) in [5, 5.41) is 0. The van der Waals surface area contributed by atoms with Crippen molar-refractivity contribution in [3.63, 3.8) is 0 Å². The van der Waals surface area contributed by atoms with Crippen molar-refractivity contribution in [3.05, 3.63) is 36.2 Å². The minimum absolute atomic E-state index is 0.00725. The molecule has 0 N–H and O–H groups in total. The third kappa shape index (κ3) is 4.51. The summed E-state index contributed by atoms with van der Waals surface area (Å²) in [5.41, 5.74) is 1.09. The molecule has 1 amide bonds. The highest BCUT2D eigenvalue weighted by molar-refractivity contribution is 5.78. The molecule has 3 rings (SSSR count). The molecule has 1 aromatic heterocycles. The quantitative estimate of drug-likeness (QED) is 0.754. The van der Waals surface area contributed by atoms with Crippen LogP contribution in [-0.4, -0.2) is 67.3 Å². The van der Waals surface area contributed by atoms with Crippen LogP contribution in [0.25, 0.3) is 0 Å². The van der Waals surface area contributed by atoms with Crippen LogP contribution in [0.3, 0.4) is 0 Å². The number of nitrogens with zero attached hydrogens (tertiary/aromatic N) is 4. The average Bonchev–Trinajstić information content (AvgIpc) is 2.69. The van der Waals surface area contributed by atoms with Crippen LogP contribution < -0.4 is 14.4 Å². The second kappa shape index (κ2) is 8.88. The van der Waals surface area contributed by atoms with Crippen LogP contribution in [0, 0.1) is 6.92 Å². The van der Waals surface area contributed by atoms with Crippen LogP contribution in [0.2, 0.25) is 0 Å². The number of amides is 1. The maximum absolute atomic E-state index is 12.1. The number of carbonyl (C=O) groups is 1. The summed E-state index contributed by atoms with van der Waals surface area (Å²) in [4.78, 5) is 24.7. The van der Waals surface area contributed by atoms with Gasteiger partial charge in [0, 0.05) is 38.9 Å². The number of piperazine rings is 1. The second-order valence-corrected chi connectivity index (χ2v) is 6.79. The molecule has 2 heterocycles. The zero-order valence-corrected chi connectivity index (χ0v) is 16.7. The van der Waals surface area contributed by atoms with Crippen molar-refractivity contribution in [2.75, 3.05) is 45.4 Å². The summed E-state index contributed by atoms with van der Waals surface area (Å²) in [5.74, 6) is 2.47. The number of rotatable bonds is 6. The van der Waals surface area contributed by atoms with E-state index < -0.39 is 0 Å². The van der Waals surface area contributed by atoms with Gasteiger partial charge in [0.05, 0.1) is 7.11 Å². The van der Waals surface area contributed by atoms with Crippen molar-refractivity contribution in [1.82, 2.24) is 14.9 Å². The van der Waals surface area contributed by atoms with E-state index in [1.165, 1.54) is 13.4 Å². The third-order valence-electron chi connectivity index (χ3n) is 4.70. The predicted octanol–water partition coefficient (Wildman–Crippen LogP) is 2.27. The molecule has 0 saturated carbocycles. The summed E-state index contributed by atoms with van der Waals surface area (Å²) in [6, 6.07) is 7.59. The summed E-state index contributed by atoms with van der Waals surface area (Å²) in [7, 11) is 3.14. The Bertz CT molecular complexity index is 830. The highest BCUT2D eigenvalue weighted by Gasteiger charge is 2.28. The van der Waals surface area contributed by atoms with Gasteiger partial charge in [0.2, 0.25) is 11.8 Å². The number of benzene rings is 1. The number of hydrogen-bond acceptors (Lipinski definition) is 7. The minimum atomic E-state index is 0.00725. The average molecular weight is 386 g/mol. The third-order valence-corrected chi connectivity index (χ3v) is 4.70. The van der Waals surface area contributed by atoms with E-state index in [9.17, 15) is 4.79 Å². The van der Waals surface area contributed by atoms with Gasteiger partial charge in [-0.15, -0.1) is 0 Å². The van der Waals surface area contributed by atoms with E-state index in [4.69, 9.17) is 14.2 Å². The Morgan fingerprint density at radius 2 is 2.00 bits per heavy atom. The Hall–Kier alpha value is -2.87. The van der Waals surface area contributed by atoms with Gasteiger partial charge in [-0.25, -0.2) is 9.97 Å². The molecule has 1 aliphatic rings. The highest BCUT2D eigenvalue weighted by atomic mass is 16.5. The van der Waals surface area contributed by atoms with Crippen LogP contribution >= 0.6 is 0 Å². The van der Waals surface area contributed by atoms with Gasteiger partial charge in [-0.1, -0.05) is 6.07 Å². The number of hydrogen-bond donors (Lipinski definition) is 0. The van der Waals surface area contributed by atoms with E-state index in [-0.39, 0.29) is 18.6 Å². The van der Waals surface area contributed by atoms with Crippen molar-refractivity contribution in [2.24, 2.45) is 0 Å². The SMILES string of the molecule is COCC(=O)N1CCN(c2cc(Oc3ccc(C)cc3OC)ncn2)C[C@H]1C. The lowest BCUT2D eigenvalue weighted by molar-refractivity contribution is -0.137. The van der Waals surface area contributed by atoms with Gasteiger partial charge in [0.25, 0.3) is 0 Å². The number of carbonyl (C=O) groups excluding carboxylic acids is 1. The van der Waals surface area contributed by atoms with E-state index in [1.807, 2.05) is 36.9 Å². The van der Waals surface area contributed by atoms with Crippen molar-refractivity contribution in [2.45, 2.75) is 19.9 Å². The Morgan fingerprint density at radius 1 is 1.18 bits per heavy atom. The molecule has 8 nitrogen and oxygen atoms in total. The van der Waals surface area contributed by atoms with Gasteiger partial charge in [-0.05, 0) is 31.5 Å². The topological polar surface area (TPSA) is 77.0 Å². The summed E-state index contributed by atoms with van der Waals surface area (Å²) >= 11 is 0. The first-order chi connectivity index (χ1) is 13.5. The maximum atomic E-state index is 12.1. The van der Waals surface area contributed by atoms with Gasteiger partial charge < -0.3 is 24.0 Å². The normalized spacial score (nSPS) is 16.8. The fraction of sp³-hybridized carbons (Fsp3) is 0.450. The smallest absolute Gasteiger partial charge is 0.248 e. The molecule has 1 atom stereocenters. The molecule has 28 heavy (non-hydrogen) atoms. The van der Waals surface area contributed by atoms with Crippen molar-refractivity contribution >= 4 is 11.7 Å². The first kappa shape index (κ1) is 19.9. The van der Waals surface area contributed by atoms with E-state index in [0.717, 1.165) is 11.4 Å². The molecular formula is C20H26N4O4. The first-order valence-electron chi connectivity index (χ1n) is 9.19. The number of methoxy groups -OCH3 is 2. The van der Waals surface area contributed by atoms with Gasteiger partial charge in [-0.3, -0.25) is 4.79 Å². The lowest BCUT2D eigenvalue weighted by Crippen LogP contribution is -2.55. The molecule has 0 unspecified atom stereocenters. The van der Waals surface area contributed by atoms with Gasteiger partial charge in [-0.2, -0.15) is 0 Å². The van der Waals surface area contributed by atoms with Gasteiger partial charge in [0.15, 0.2) is 11.5 Å². The number of aromatic nitrogens is 2. The van der Waals surface area contributed by atoms with E-state index >= 15 is 0 Å². The number of aryl methyl sites for hydroxylation is 1. The van der Waals surface area contributed by atoms with Crippen LogP contribution in [0.15, 0.2) is 30.6 Å². The molecule has 1 saturated heterocycles. The Kier molecular flexibility index (Phi) is 6.30. The molecule has 1 fully saturated rings. The Labute approximate surface area is 165 Å². The zero-order chi connectivity index (χ0) is 20.1. The zero-order valence-electron chi connectivity index (χ0n) is 16.7. The van der Waals surface area contributed by atoms with Crippen molar-refractivity contribution < 1.29 is 19.0 Å². The van der Waals surface area contributed by atoms with Crippen LogP contribution in [0.4, 0.5) is 5.82 Å². The molecule has 0 spiro atoms. The molecule has 1 aliphatic heterocycles. The summed E-state index contributed by atoms with van der Waals surface area (Å²) in [6.07, 6.45) is 1.48. The van der Waals surface area contributed by atoms with E-state index in [0.29, 0.717) is 37.0 Å². The summed E-state index contributed by atoms with van der Waals surface area (Å²) < 4.78 is 16.3. The largest absolute Gasteiger partial charge is 0.493 e. The molecular weight excluding hydrogens is 360 g/mol. The molecule has 2 aromatic rings. The van der Waals surface area contributed by atoms with Crippen molar-refractivity contribution in [1.29, 1.82) is 0 Å². The molecule has 150 valence electrons. The molecule has 0 aliphatic carbocycles. The van der Waals surface area contributed by atoms with Gasteiger partial charge >= 0.3 is 0 Å². The minimum Gasteiger partial charge on any atom is -0.493 e. The fourth-order valence-electron chi connectivity index (χ4n) is 3.27. The Morgan fingerprint density at radius 3 is 2.71 bits per heavy atom. The summed E-state index contributed by atoms with van der Waals surface area (Å²) in [6.45, 7) is 6.11. The van der Waals surface area contributed by atoms with Crippen molar-refractivity contribution in [3.8, 4) is 17.4 Å². The van der Waals surface area contributed by atoms with Crippen LogP contribution in [0.1, 0.15) is 12.5 Å². The molecule has 0 bridgehead atoms. The van der Waals surface area contributed by atoms with Crippen LogP contribution in [0.5, 0.6) is 17.4 Å². The number of anilines is 1. The molecule has 1 aromatic carbocycles. The predicted molar refractivity (Wildman–Crippen MR) is 105 cm³/mol. The molecule has 0 radical (unpaired) electrons. The Balaban J connectivity index is 1.71. The standard InChI is InChI=1S/C20H26N4O4/c1-14-5-6-16(17(9-14)27-4)28-19-10-18(21-13-22-19)23-7-8-24(15(2)11-23)20(25)12-26-3/h5-6,9-10,13,15H,7-8,11-12H2,1-4H3/t15-/m1/s1. The maximum Gasteiger partial charge on any atom is 0.248 e. The fourth-order valence-corrected chi connectivity index (χ4v) is 3.27. The first-order valence-corrected chi connectivity index (χ1v) is 9.19. The van der Waals surface area contributed by atoms with E-state index in [2.05, 4.69) is 14.9 Å². The van der Waals surface area contributed by atoms with Gasteiger partial charge in [0.1, 0.15) is 18.8 Å². The number of ether oxygens (including phenoxy) is 3. The van der Waals surface area contributed by atoms with E-state index in [1.54, 1.807) is 13.2 Å². The second-order valence-electron chi connectivity index (χ2n) is 6.79. The monoisotopic (exact) mass is 386 g/mol. The lowest BCUT2D eigenvalue weighted by atomic mass is 10.2. The lowest BCUT2D eigenvalue weighted by Gasteiger charge is -2.40. The molecule has 8 heteroatoms.